The fraction of sp³-hybridized carbons (Fsp3) is 0.857. The van der Waals surface area contributed by atoms with Gasteiger partial charge in [-0.25, -0.2) is 0 Å². The highest BCUT2D eigenvalue weighted by molar-refractivity contribution is 5.54. The average molecular weight is 127 g/mol. The molecule has 52 valence electrons. The number of hydrogen-bond acceptors (Lipinski definition) is 1. The average Bonchev–Trinajstić information content (AvgIpc) is 1.97. The van der Waals surface area contributed by atoms with Gasteiger partial charge in [-0.15, -0.1) is 4.68 Å². The second-order valence-corrected chi connectivity index (χ2v) is 3.30. The van der Waals surface area contributed by atoms with E-state index in [0.717, 1.165) is 6.42 Å². The van der Waals surface area contributed by atoms with Gasteiger partial charge in [0.15, 0.2) is 13.3 Å². The van der Waals surface area contributed by atoms with E-state index < -0.39 is 0 Å². The van der Waals surface area contributed by atoms with Gasteiger partial charge >= 0.3 is 0 Å². The third-order valence-electron chi connectivity index (χ3n) is 2.20. The predicted molar refractivity (Wildman–Crippen MR) is 38.7 cm³/mol. The van der Waals surface area contributed by atoms with Crippen molar-refractivity contribution in [3.05, 3.63) is 0 Å². The van der Waals surface area contributed by atoms with Gasteiger partial charge in [0.2, 0.25) is 0 Å². The summed E-state index contributed by atoms with van der Waals surface area (Å²) in [6, 6.07) is 0. The Kier molecular flexibility index (Phi) is 1.26. The molecule has 1 aliphatic rings. The maximum atomic E-state index is 2.24. The number of hydrazone groups is 1. The Morgan fingerprint density at radius 3 is 2.22 bits per heavy atom. The molecule has 0 aromatic carbocycles. The SMILES string of the molecule is CN1[N+](C)=CCC1(C)C. The summed E-state index contributed by atoms with van der Waals surface area (Å²) in [6.07, 6.45) is 3.36. The van der Waals surface area contributed by atoms with Crippen LogP contribution in [0.2, 0.25) is 0 Å². The minimum Gasteiger partial charge on any atom is -0.184 e. The van der Waals surface area contributed by atoms with Gasteiger partial charge in [0.05, 0.1) is 19.0 Å². The highest BCUT2D eigenvalue weighted by Crippen LogP contribution is 2.19. The first kappa shape index (κ1) is 6.59. The molecular weight excluding hydrogens is 112 g/mol. The lowest BCUT2D eigenvalue weighted by atomic mass is 10.0. The first-order valence-corrected chi connectivity index (χ1v) is 3.34. The molecule has 9 heavy (non-hydrogen) atoms. The van der Waals surface area contributed by atoms with Gasteiger partial charge in [-0.2, -0.15) is 5.01 Å². The molecule has 0 fully saturated rings. The van der Waals surface area contributed by atoms with E-state index in [-0.39, 0.29) is 0 Å². The summed E-state index contributed by atoms with van der Waals surface area (Å²) >= 11 is 0. The maximum absolute atomic E-state index is 2.24. The van der Waals surface area contributed by atoms with Crippen molar-refractivity contribution < 1.29 is 4.68 Å². The molecular formula is C7H15N2+. The largest absolute Gasteiger partial charge is 0.184 e. The smallest absolute Gasteiger partial charge is 0.172 e. The second-order valence-electron chi connectivity index (χ2n) is 3.30. The van der Waals surface area contributed by atoms with Crippen LogP contribution in [-0.2, 0) is 0 Å². The summed E-state index contributed by atoms with van der Waals surface area (Å²) in [4.78, 5) is 0. The number of hydrogen-bond donors (Lipinski definition) is 0. The Labute approximate surface area is 56.8 Å². The first-order valence-electron chi connectivity index (χ1n) is 3.34. The normalized spacial score (nSPS) is 24.4. The minimum absolute atomic E-state index is 0.328. The minimum atomic E-state index is 0.328. The molecule has 0 amide bonds. The molecule has 0 unspecified atom stereocenters. The molecule has 0 saturated carbocycles. The highest BCUT2D eigenvalue weighted by atomic mass is 15.6. The fourth-order valence-electron chi connectivity index (χ4n) is 1.04. The van der Waals surface area contributed by atoms with E-state index in [9.17, 15) is 0 Å². The van der Waals surface area contributed by atoms with Crippen molar-refractivity contribution >= 4 is 6.21 Å². The predicted octanol–water partition coefficient (Wildman–Crippen LogP) is 0.729. The van der Waals surface area contributed by atoms with Crippen molar-refractivity contribution in [1.82, 2.24) is 5.01 Å². The molecule has 0 radical (unpaired) electrons. The van der Waals surface area contributed by atoms with E-state index in [1.54, 1.807) is 0 Å². The highest BCUT2D eigenvalue weighted by Gasteiger charge is 2.34. The Balaban J connectivity index is 2.73. The molecule has 1 heterocycles. The zero-order valence-electron chi connectivity index (χ0n) is 6.68. The van der Waals surface area contributed by atoms with Gasteiger partial charge in [-0.05, 0) is 13.8 Å². The Morgan fingerprint density at radius 2 is 2.11 bits per heavy atom. The molecule has 0 aromatic heterocycles. The molecule has 2 heteroatoms. The molecule has 0 spiro atoms. The fourth-order valence-corrected chi connectivity index (χ4v) is 1.04. The van der Waals surface area contributed by atoms with Crippen LogP contribution in [0.1, 0.15) is 20.3 Å². The second kappa shape index (κ2) is 1.72. The lowest BCUT2D eigenvalue weighted by molar-refractivity contribution is -0.663. The third kappa shape index (κ3) is 0.934. The van der Waals surface area contributed by atoms with Crippen LogP contribution >= 0.6 is 0 Å². The summed E-state index contributed by atoms with van der Waals surface area (Å²) in [6.45, 7) is 4.49. The van der Waals surface area contributed by atoms with Crippen molar-refractivity contribution in [3.8, 4) is 0 Å². The van der Waals surface area contributed by atoms with Gasteiger partial charge in [0.1, 0.15) is 0 Å². The van der Waals surface area contributed by atoms with Gasteiger partial charge < -0.3 is 0 Å². The molecule has 0 atom stereocenters. The van der Waals surface area contributed by atoms with Crippen LogP contribution in [0, 0.1) is 0 Å². The van der Waals surface area contributed by atoms with Gasteiger partial charge in [0, 0.05) is 0 Å². The van der Waals surface area contributed by atoms with Crippen molar-refractivity contribution in [2.75, 3.05) is 14.1 Å². The van der Waals surface area contributed by atoms with Crippen LogP contribution in [0.5, 0.6) is 0 Å². The zero-order valence-corrected chi connectivity index (χ0v) is 6.68. The summed E-state index contributed by atoms with van der Waals surface area (Å²) in [5.74, 6) is 0. The Hall–Kier alpha value is -0.530. The molecule has 1 rings (SSSR count). The summed E-state index contributed by atoms with van der Waals surface area (Å²) in [5.41, 5.74) is 0.328. The van der Waals surface area contributed by atoms with Gasteiger partial charge in [0.25, 0.3) is 0 Å². The summed E-state index contributed by atoms with van der Waals surface area (Å²) in [7, 11) is 4.19. The van der Waals surface area contributed by atoms with Crippen molar-refractivity contribution in [2.24, 2.45) is 0 Å². The molecule has 2 nitrogen and oxygen atoms in total. The number of nitrogens with zero attached hydrogens (tertiary/aromatic N) is 2. The lowest BCUT2D eigenvalue weighted by Gasteiger charge is -2.23. The van der Waals surface area contributed by atoms with Gasteiger partial charge in [-0.3, -0.25) is 0 Å². The van der Waals surface area contributed by atoms with Gasteiger partial charge in [-0.1, -0.05) is 0 Å². The maximum Gasteiger partial charge on any atom is 0.172 e. The monoisotopic (exact) mass is 127 g/mol. The van der Waals surface area contributed by atoms with E-state index in [1.807, 2.05) is 0 Å². The van der Waals surface area contributed by atoms with E-state index in [0.29, 0.717) is 5.54 Å². The Morgan fingerprint density at radius 1 is 1.56 bits per heavy atom. The standard InChI is InChI=1S/C7H15N2/c1-7(2)5-6-8(3)9(7)4/h6H,5H2,1-4H3/q+1. The Bertz CT molecular complexity index is 147. The van der Waals surface area contributed by atoms with Crippen LogP contribution in [-0.4, -0.2) is 35.5 Å². The van der Waals surface area contributed by atoms with Crippen LogP contribution < -0.4 is 0 Å². The van der Waals surface area contributed by atoms with Crippen molar-refractivity contribution in [3.63, 3.8) is 0 Å². The van der Waals surface area contributed by atoms with Crippen molar-refractivity contribution in [2.45, 2.75) is 25.8 Å². The van der Waals surface area contributed by atoms with E-state index in [1.165, 1.54) is 0 Å². The third-order valence-corrected chi connectivity index (χ3v) is 2.20. The molecule has 0 aromatic rings. The lowest BCUT2D eigenvalue weighted by Crippen LogP contribution is -2.39. The molecule has 1 aliphatic heterocycles. The number of rotatable bonds is 0. The van der Waals surface area contributed by atoms with E-state index >= 15 is 0 Å². The number of hydrazine groups is 1. The topological polar surface area (TPSA) is 6.25 Å². The summed E-state index contributed by atoms with van der Waals surface area (Å²) in [5, 5.41) is 2.24. The van der Waals surface area contributed by atoms with E-state index in [2.05, 4.69) is 43.9 Å². The van der Waals surface area contributed by atoms with Crippen LogP contribution in [0.15, 0.2) is 0 Å². The van der Waals surface area contributed by atoms with Crippen LogP contribution in [0.4, 0.5) is 0 Å². The zero-order chi connectivity index (χ0) is 7.07. The summed E-state index contributed by atoms with van der Waals surface area (Å²) < 4.78 is 2.14. The molecule has 0 aliphatic carbocycles. The molecule has 0 N–H and O–H groups in total. The van der Waals surface area contributed by atoms with Crippen LogP contribution in [0.3, 0.4) is 0 Å². The first-order chi connectivity index (χ1) is 4.04. The van der Waals surface area contributed by atoms with Crippen molar-refractivity contribution in [1.29, 1.82) is 0 Å². The quantitative estimate of drug-likeness (QED) is 0.435. The van der Waals surface area contributed by atoms with E-state index in [4.69, 9.17) is 0 Å². The molecule has 0 saturated heterocycles. The van der Waals surface area contributed by atoms with Crippen LogP contribution in [0.25, 0.3) is 0 Å². The molecule has 0 bridgehead atoms.